The van der Waals surface area contributed by atoms with Gasteiger partial charge >= 0.3 is 6.18 Å². The first kappa shape index (κ1) is 17.3. The van der Waals surface area contributed by atoms with E-state index >= 15 is 0 Å². The Morgan fingerprint density at radius 2 is 2.04 bits per heavy atom. The first-order valence-corrected chi connectivity index (χ1v) is 8.31. The summed E-state index contributed by atoms with van der Waals surface area (Å²) in [7, 11) is 1.38. The fraction of sp³-hybridized carbons (Fsp3) is 0.375. The highest BCUT2D eigenvalue weighted by Crippen LogP contribution is 2.35. The molecule has 4 heterocycles. The number of halogens is 3. The molecule has 8 nitrogen and oxygen atoms in total. The van der Waals surface area contributed by atoms with E-state index in [1.165, 1.54) is 7.05 Å². The van der Waals surface area contributed by atoms with E-state index in [1.807, 2.05) is 17.8 Å². The highest BCUT2D eigenvalue weighted by atomic mass is 19.4. The van der Waals surface area contributed by atoms with Crippen LogP contribution in [0.1, 0.15) is 29.4 Å². The van der Waals surface area contributed by atoms with Gasteiger partial charge in [0.2, 0.25) is 5.95 Å². The standard InChI is InChI=1S/C16H17F3N8/c1-9-11(6-23-27(9)12-3-4-26-8-21-7-13(12)26)24-15-22-5-10(16(17,18)19)14(20-2)25-15/h5-8,12H,3-4H2,1-2H3,(H2,20,22,24,25). The van der Waals surface area contributed by atoms with E-state index in [4.69, 9.17) is 0 Å². The molecule has 0 saturated heterocycles. The van der Waals surface area contributed by atoms with E-state index in [-0.39, 0.29) is 17.8 Å². The number of alkyl halides is 3. The molecule has 11 heteroatoms. The summed E-state index contributed by atoms with van der Waals surface area (Å²) in [6.45, 7) is 2.76. The van der Waals surface area contributed by atoms with Crippen molar-refractivity contribution in [2.45, 2.75) is 32.1 Å². The molecule has 0 aliphatic carbocycles. The van der Waals surface area contributed by atoms with E-state index < -0.39 is 11.7 Å². The Kier molecular flexibility index (Phi) is 4.01. The predicted octanol–water partition coefficient (Wildman–Crippen LogP) is 2.98. The summed E-state index contributed by atoms with van der Waals surface area (Å²) < 4.78 is 42.9. The van der Waals surface area contributed by atoms with Crippen LogP contribution in [0.5, 0.6) is 0 Å². The Balaban J connectivity index is 1.61. The Labute approximate surface area is 152 Å². The zero-order chi connectivity index (χ0) is 19.2. The van der Waals surface area contributed by atoms with Crippen molar-refractivity contribution < 1.29 is 13.2 Å². The number of hydrogen-bond acceptors (Lipinski definition) is 6. The molecule has 3 aromatic rings. The molecule has 1 aliphatic heterocycles. The number of imidazole rings is 1. The minimum absolute atomic E-state index is 0.0615. The molecule has 1 unspecified atom stereocenters. The van der Waals surface area contributed by atoms with Crippen LogP contribution in [-0.4, -0.2) is 36.3 Å². The largest absolute Gasteiger partial charge is 0.421 e. The lowest BCUT2D eigenvalue weighted by molar-refractivity contribution is -0.137. The molecule has 3 aromatic heterocycles. The van der Waals surface area contributed by atoms with Gasteiger partial charge in [-0.25, -0.2) is 9.97 Å². The van der Waals surface area contributed by atoms with E-state index in [9.17, 15) is 13.2 Å². The third-order valence-corrected chi connectivity index (χ3v) is 4.65. The van der Waals surface area contributed by atoms with Crippen LogP contribution in [0.15, 0.2) is 24.9 Å². The number of aryl methyl sites for hydroxylation is 1. The minimum Gasteiger partial charge on any atom is -0.372 e. The normalized spacial score (nSPS) is 16.4. The van der Waals surface area contributed by atoms with Crippen LogP contribution in [0.4, 0.5) is 30.6 Å². The zero-order valence-corrected chi connectivity index (χ0v) is 14.6. The number of anilines is 3. The number of hydrogen-bond donors (Lipinski definition) is 2. The second-order valence-electron chi connectivity index (χ2n) is 6.23. The highest BCUT2D eigenvalue weighted by Gasteiger charge is 2.35. The van der Waals surface area contributed by atoms with Crippen molar-refractivity contribution in [3.63, 3.8) is 0 Å². The quantitative estimate of drug-likeness (QED) is 0.726. The fourth-order valence-electron chi connectivity index (χ4n) is 3.27. The lowest BCUT2D eigenvalue weighted by Gasteiger charge is -2.14. The number of nitrogens with zero attached hydrogens (tertiary/aromatic N) is 6. The molecular weight excluding hydrogens is 361 g/mol. The van der Waals surface area contributed by atoms with Gasteiger partial charge in [-0.3, -0.25) is 4.68 Å². The van der Waals surface area contributed by atoms with E-state index in [2.05, 4.69) is 35.3 Å². The van der Waals surface area contributed by atoms with E-state index in [0.717, 1.165) is 30.6 Å². The maximum absolute atomic E-state index is 13.0. The van der Waals surface area contributed by atoms with Gasteiger partial charge in [0, 0.05) is 19.8 Å². The van der Waals surface area contributed by atoms with Crippen LogP contribution in [0, 0.1) is 6.92 Å². The average Bonchev–Trinajstić information content (AvgIpc) is 3.31. The van der Waals surface area contributed by atoms with Gasteiger partial charge in [0.1, 0.15) is 11.4 Å². The Morgan fingerprint density at radius 3 is 2.78 bits per heavy atom. The monoisotopic (exact) mass is 378 g/mol. The molecule has 1 atom stereocenters. The molecule has 0 spiro atoms. The lowest BCUT2D eigenvalue weighted by Crippen LogP contribution is -2.13. The molecule has 0 bridgehead atoms. The summed E-state index contributed by atoms with van der Waals surface area (Å²) in [6.07, 6.45) is 2.38. The second kappa shape index (κ2) is 6.25. The topological polar surface area (TPSA) is 85.5 Å². The average molecular weight is 378 g/mol. The molecule has 0 aromatic carbocycles. The third-order valence-electron chi connectivity index (χ3n) is 4.65. The van der Waals surface area contributed by atoms with Gasteiger partial charge in [-0.15, -0.1) is 0 Å². The van der Waals surface area contributed by atoms with Crippen molar-refractivity contribution in [2.75, 3.05) is 17.7 Å². The van der Waals surface area contributed by atoms with Gasteiger partial charge in [0.15, 0.2) is 0 Å². The maximum atomic E-state index is 13.0. The smallest absolute Gasteiger partial charge is 0.372 e. The van der Waals surface area contributed by atoms with Crippen LogP contribution in [0.3, 0.4) is 0 Å². The van der Waals surface area contributed by atoms with Crippen LogP contribution in [-0.2, 0) is 12.7 Å². The molecular formula is C16H17F3N8. The van der Waals surface area contributed by atoms with Gasteiger partial charge in [-0.1, -0.05) is 0 Å². The predicted molar refractivity (Wildman–Crippen MR) is 91.8 cm³/mol. The molecule has 4 rings (SSSR count). The molecule has 0 radical (unpaired) electrons. The SMILES string of the molecule is CNc1nc(Nc2cnn(C3CCn4cncc43)c2C)ncc1C(F)(F)F. The number of rotatable bonds is 4. The zero-order valence-electron chi connectivity index (χ0n) is 14.6. The van der Waals surface area contributed by atoms with Gasteiger partial charge in [-0.05, 0) is 13.3 Å². The van der Waals surface area contributed by atoms with E-state index in [0.29, 0.717) is 5.69 Å². The number of nitrogens with one attached hydrogen (secondary N) is 2. The van der Waals surface area contributed by atoms with Crippen molar-refractivity contribution in [2.24, 2.45) is 0 Å². The highest BCUT2D eigenvalue weighted by molar-refractivity contribution is 5.58. The molecule has 0 amide bonds. The van der Waals surface area contributed by atoms with Crippen molar-refractivity contribution in [1.82, 2.24) is 29.3 Å². The summed E-state index contributed by atoms with van der Waals surface area (Å²) in [4.78, 5) is 11.9. The molecule has 2 N–H and O–H groups in total. The third kappa shape index (κ3) is 2.98. The number of fused-ring (bicyclic) bond motifs is 1. The minimum atomic E-state index is -4.52. The molecule has 142 valence electrons. The molecule has 0 fully saturated rings. The Hall–Kier alpha value is -3.11. The van der Waals surface area contributed by atoms with Crippen LogP contribution in [0.2, 0.25) is 0 Å². The lowest BCUT2D eigenvalue weighted by atomic mass is 10.2. The van der Waals surface area contributed by atoms with Gasteiger partial charge in [0.25, 0.3) is 0 Å². The first-order chi connectivity index (χ1) is 12.9. The van der Waals surface area contributed by atoms with Gasteiger partial charge in [-0.2, -0.15) is 23.3 Å². The van der Waals surface area contributed by atoms with Crippen molar-refractivity contribution >= 4 is 17.5 Å². The fourth-order valence-corrected chi connectivity index (χ4v) is 3.27. The summed E-state index contributed by atoms with van der Waals surface area (Å²) in [5.41, 5.74) is 1.64. The van der Waals surface area contributed by atoms with E-state index in [1.54, 1.807) is 12.5 Å². The Morgan fingerprint density at radius 1 is 1.22 bits per heavy atom. The van der Waals surface area contributed by atoms with Crippen molar-refractivity contribution in [3.8, 4) is 0 Å². The van der Waals surface area contributed by atoms with Crippen molar-refractivity contribution in [1.29, 1.82) is 0 Å². The molecule has 1 aliphatic rings. The molecule has 27 heavy (non-hydrogen) atoms. The summed E-state index contributed by atoms with van der Waals surface area (Å²) in [6, 6.07) is 0.0736. The maximum Gasteiger partial charge on any atom is 0.421 e. The number of aromatic nitrogens is 6. The Bertz CT molecular complexity index is 974. The second-order valence-corrected chi connectivity index (χ2v) is 6.23. The summed E-state index contributed by atoms with van der Waals surface area (Å²) >= 11 is 0. The summed E-state index contributed by atoms with van der Waals surface area (Å²) in [5.74, 6) is -0.226. The first-order valence-electron chi connectivity index (χ1n) is 8.31. The van der Waals surface area contributed by atoms with Gasteiger partial charge < -0.3 is 15.2 Å². The summed E-state index contributed by atoms with van der Waals surface area (Å²) in [5, 5.41) is 9.84. The van der Waals surface area contributed by atoms with Crippen LogP contribution >= 0.6 is 0 Å². The van der Waals surface area contributed by atoms with Crippen LogP contribution in [0.25, 0.3) is 0 Å². The van der Waals surface area contributed by atoms with Gasteiger partial charge in [0.05, 0.1) is 41.8 Å². The van der Waals surface area contributed by atoms with Crippen LogP contribution < -0.4 is 10.6 Å². The van der Waals surface area contributed by atoms with Crippen molar-refractivity contribution in [3.05, 3.63) is 41.9 Å². The molecule has 0 saturated carbocycles.